The average molecular weight is 450 g/mol. The number of hydrogen-bond donors (Lipinski definition) is 2. The summed E-state index contributed by atoms with van der Waals surface area (Å²) in [4.78, 5) is 36.4. The normalized spacial score (nSPS) is 11.8. The highest BCUT2D eigenvalue weighted by Gasteiger charge is 2.28. The summed E-state index contributed by atoms with van der Waals surface area (Å²) < 4.78 is 43.5. The minimum atomic E-state index is -4.69. The third kappa shape index (κ3) is 11.2. The van der Waals surface area contributed by atoms with Gasteiger partial charge in [0.05, 0.1) is 32.3 Å². The molecule has 1 rings (SSSR count). The van der Waals surface area contributed by atoms with E-state index in [4.69, 9.17) is 28.1 Å². The second-order valence-electron chi connectivity index (χ2n) is 8.29. The molecule has 0 radical (unpaired) electrons. The number of esters is 2. The molecule has 0 aromatic heterocycles. The summed E-state index contributed by atoms with van der Waals surface area (Å²) in [7, 11) is -3.03. The van der Waals surface area contributed by atoms with Crippen LogP contribution in [0.25, 0.3) is 0 Å². The maximum Gasteiger partial charge on any atom is 0.316 e. The van der Waals surface area contributed by atoms with E-state index in [-0.39, 0.29) is 23.8 Å². The Morgan fingerprint density at radius 2 is 1.33 bits per heavy atom. The highest BCUT2D eigenvalue weighted by Crippen LogP contribution is 2.32. The van der Waals surface area contributed by atoms with Gasteiger partial charge in [-0.05, 0) is 66.8 Å². The fourth-order valence-electron chi connectivity index (χ4n) is 1.61. The van der Waals surface area contributed by atoms with Crippen molar-refractivity contribution < 1.29 is 52.7 Å². The molecule has 30 heavy (non-hydrogen) atoms. The Hall–Kier alpha value is -2.08. The number of ketones is 1. The van der Waals surface area contributed by atoms with E-state index in [1.165, 1.54) is 12.1 Å². The van der Waals surface area contributed by atoms with Crippen LogP contribution in [-0.2, 0) is 9.59 Å². The molecule has 0 atom stereocenters. The number of likely N-dealkylation sites (N-methyl/N-ethyl adjacent to an activating group) is 1. The van der Waals surface area contributed by atoms with Gasteiger partial charge in [0.15, 0.2) is 17.3 Å². The van der Waals surface area contributed by atoms with E-state index >= 15 is 0 Å². The van der Waals surface area contributed by atoms with Gasteiger partial charge in [0.2, 0.25) is 0 Å². The zero-order valence-electron chi connectivity index (χ0n) is 18.0. The Balaban J connectivity index is 0.00000150. The highest BCUT2D eigenvalue weighted by atomic mass is 35.7. The van der Waals surface area contributed by atoms with Crippen molar-refractivity contribution in [1.82, 2.24) is 5.32 Å². The summed E-state index contributed by atoms with van der Waals surface area (Å²) in [5.74, 6) is -0.948. The lowest BCUT2D eigenvalue weighted by Gasteiger charge is -2.20. The lowest BCUT2D eigenvalue weighted by Crippen LogP contribution is -2.58. The third-order valence-electron chi connectivity index (χ3n) is 3.23. The minimum absolute atomic E-state index is 0.0551. The van der Waals surface area contributed by atoms with Gasteiger partial charge in [-0.25, -0.2) is 0 Å². The van der Waals surface area contributed by atoms with Crippen LogP contribution < -0.4 is 28.8 Å². The van der Waals surface area contributed by atoms with Crippen LogP contribution in [0.1, 0.15) is 51.9 Å². The van der Waals surface area contributed by atoms with Gasteiger partial charge in [0, 0.05) is 5.56 Å². The number of carbonyl (C=O) groups excluding carboxylic acids is 3. The van der Waals surface area contributed by atoms with Gasteiger partial charge in [0.25, 0.3) is 0 Å². The first-order valence-electron chi connectivity index (χ1n) is 8.76. The zero-order chi connectivity index (χ0) is 23.9. The molecule has 0 aliphatic carbocycles. The molecule has 0 amide bonds. The van der Waals surface area contributed by atoms with Crippen molar-refractivity contribution in [3.8, 4) is 11.5 Å². The Morgan fingerprint density at radius 1 is 0.933 bits per heavy atom. The van der Waals surface area contributed by atoms with Gasteiger partial charge >= 0.3 is 11.9 Å². The molecule has 0 fully saturated rings. The van der Waals surface area contributed by atoms with E-state index < -0.39 is 33.0 Å². The molecule has 0 saturated heterocycles. The molecule has 170 valence electrons. The van der Waals surface area contributed by atoms with Crippen LogP contribution in [0.15, 0.2) is 18.2 Å². The molecule has 0 saturated carbocycles. The van der Waals surface area contributed by atoms with Crippen molar-refractivity contribution in [2.24, 2.45) is 10.8 Å². The van der Waals surface area contributed by atoms with Crippen molar-refractivity contribution >= 4 is 17.7 Å². The van der Waals surface area contributed by atoms with E-state index in [0.717, 1.165) is 0 Å². The molecule has 10 nitrogen and oxygen atoms in total. The molecule has 1 aromatic carbocycles. The average Bonchev–Trinajstić information content (AvgIpc) is 2.53. The van der Waals surface area contributed by atoms with Crippen molar-refractivity contribution in [3.63, 3.8) is 0 Å². The van der Waals surface area contributed by atoms with Gasteiger partial charge in [-0.15, -0.1) is 0 Å². The molecule has 0 spiro atoms. The Labute approximate surface area is 177 Å². The molecule has 0 aliphatic heterocycles. The van der Waals surface area contributed by atoms with E-state index in [2.05, 4.69) is 5.32 Å². The summed E-state index contributed by atoms with van der Waals surface area (Å²) in [5.41, 5.74) is -1.09. The van der Waals surface area contributed by atoms with E-state index in [1.54, 1.807) is 54.7 Å². The number of carbonyl (C=O) groups is 3. The second-order valence-corrected chi connectivity index (χ2v) is 9.08. The molecule has 0 aliphatic rings. The van der Waals surface area contributed by atoms with Crippen LogP contribution in [0.3, 0.4) is 0 Å². The molecule has 2 N–H and O–H groups in total. The lowest BCUT2D eigenvalue weighted by atomic mass is 9.97. The van der Waals surface area contributed by atoms with E-state index in [9.17, 15) is 14.4 Å². The van der Waals surface area contributed by atoms with E-state index in [0.29, 0.717) is 5.56 Å². The monoisotopic (exact) mass is 449 g/mol. The van der Waals surface area contributed by atoms with Gasteiger partial charge in [0.1, 0.15) is 0 Å². The molecule has 11 heteroatoms. The smallest absolute Gasteiger partial charge is 0.316 e. The second kappa shape index (κ2) is 10.8. The van der Waals surface area contributed by atoms with Crippen LogP contribution >= 0.6 is 0 Å². The Kier molecular flexibility index (Phi) is 10.1. The molecule has 0 bridgehead atoms. The number of benzene rings is 1. The van der Waals surface area contributed by atoms with E-state index in [1.807, 2.05) is 0 Å². The van der Waals surface area contributed by atoms with Crippen molar-refractivity contribution in [2.45, 2.75) is 41.5 Å². The fraction of sp³-hybridized carbons (Fsp3) is 0.526. The van der Waals surface area contributed by atoms with Crippen LogP contribution in [0.2, 0.25) is 0 Å². The van der Waals surface area contributed by atoms with Crippen LogP contribution in [0.5, 0.6) is 11.5 Å². The Bertz CT molecular complexity index is 753. The number of halogens is 1. The quantitative estimate of drug-likeness (QED) is 0.318. The maximum absolute atomic E-state index is 12.2. The largest absolute Gasteiger partial charge is 0.422 e. The molecular formula is C19H28ClNO9. The van der Waals surface area contributed by atoms with Crippen molar-refractivity contribution in [2.75, 3.05) is 13.6 Å². The number of Topliss-reactive ketones (excluding diaryl/α,β-unsaturated/α-hetero) is 1. The summed E-state index contributed by atoms with van der Waals surface area (Å²) in [6, 6.07) is 4.44. The van der Waals surface area contributed by atoms with Gasteiger partial charge < -0.3 is 14.8 Å². The standard InChI is InChI=1S/C19H27NO5.ClHO4/c1-18(2,3)16(22)24-14-9-8-12(13(21)11-20-7)10-15(14)25-17(23)19(4,5)6;2-1(3,4)5/h8-10,20H,11H2,1-7H3;(H,2,3,4,5). The lowest BCUT2D eigenvalue weighted by molar-refractivity contribution is -1.92. The maximum atomic E-state index is 12.2. The van der Waals surface area contributed by atoms with Crippen LogP contribution in [-0.4, -0.2) is 36.0 Å². The number of rotatable bonds is 5. The summed E-state index contributed by atoms with van der Waals surface area (Å²) in [6.07, 6.45) is 0. The summed E-state index contributed by atoms with van der Waals surface area (Å²) in [5, 5.41) is 2.77. The summed E-state index contributed by atoms with van der Waals surface area (Å²) >= 11 is 0. The van der Waals surface area contributed by atoms with Crippen LogP contribution in [0, 0.1) is 21.1 Å². The predicted octanol–water partition coefficient (Wildman–Crippen LogP) is -1.13. The van der Waals surface area contributed by atoms with Gasteiger partial charge in [-0.2, -0.15) is 14.0 Å². The number of ether oxygens (including phenoxy) is 2. The zero-order valence-corrected chi connectivity index (χ0v) is 18.8. The topological polar surface area (TPSA) is 171 Å². The first-order valence-corrected chi connectivity index (χ1v) is 10.0. The number of nitrogens with one attached hydrogen (secondary N) is 1. The molecular weight excluding hydrogens is 422 g/mol. The summed E-state index contributed by atoms with van der Waals surface area (Å²) in [6.45, 7) is 10.5. The SMILES string of the molecule is CNCC(=O)c1ccc(OC(=O)C(C)(C)C)c(OC(=O)C(C)(C)C)c1.[O-][Cl+3]([O-])([O-])O. The first kappa shape index (κ1) is 27.9. The highest BCUT2D eigenvalue weighted by molar-refractivity contribution is 5.98. The number of hydrogen-bond acceptors (Lipinski definition) is 10. The van der Waals surface area contributed by atoms with Crippen molar-refractivity contribution in [1.29, 1.82) is 0 Å². The van der Waals surface area contributed by atoms with Crippen LogP contribution in [0.4, 0.5) is 0 Å². The predicted molar refractivity (Wildman–Crippen MR) is 97.1 cm³/mol. The van der Waals surface area contributed by atoms with Gasteiger partial charge in [-0.3, -0.25) is 14.4 Å². The first-order chi connectivity index (χ1) is 13.4. The molecule has 0 unspecified atom stereocenters. The third-order valence-corrected chi connectivity index (χ3v) is 3.23. The van der Waals surface area contributed by atoms with Gasteiger partial charge in [-0.1, -0.05) is 0 Å². The molecule has 1 aromatic rings. The minimum Gasteiger partial charge on any atom is -0.422 e. The van der Waals surface area contributed by atoms with Crippen molar-refractivity contribution in [3.05, 3.63) is 23.8 Å². The Morgan fingerprint density at radius 3 is 1.70 bits per heavy atom. The fourth-order valence-corrected chi connectivity index (χ4v) is 1.61. The molecule has 0 heterocycles.